The smallest absolute Gasteiger partial charge is 0.126 e. The Bertz CT molecular complexity index is 497. The van der Waals surface area contributed by atoms with Crippen LogP contribution in [0, 0.1) is 12.7 Å². The first-order valence-electron chi connectivity index (χ1n) is 4.79. The molecule has 1 nitrogen and oxygen atoms in total. The van der Waals surface area contributed by atoms with Gasteiger partial charge >= 0.3 is 0 Å². The molecule has 16 heavy (non-hydrogen) atoms. The molecule has 0 saturated carbocycles. The van der Waals surface area contributed by atoms with Crippen LogP contribution in [0.4, 0.5) is 10.1 Å². The highest BCUT2D eigenvalue weighted by Gasteiger charge is 2.01. The molecule has 0 aromatic heterocycles. The van der Waals surface area contributed by atoms with E-state index in [9.17, 15) is 4.39 Å². The van der Waals surface area contributed by atoms with Gasteiger partial charge in [0.1, 0.15) is 5.82 Å². The third-order valence-electron chi connectivity index (χ3n) is 2.39. The van der Waals surface area contributed by atoms with Crippen LogP contribution in [0.2, 0.25) is 0 Å². The van der Waals surface area contributed by atoms with Crippen molar-refractivity contribution in [3.05, 3.63) is 53.8 Å². The van der Waals surface area contributed by atoms with E-state index in [-0.39, 0.29) is 18.2 Å². The van der Waals surface area contributed by atoms with Crippen molar-refractivity contribution in [1.29, 1.82) is 0 Å². The molecule has 2 N–H and O–H groups in total. The molecule has 0 fully saturated rings. The Balaban J connectivity index is 0.00000128. The minimum Gasteiger partial charge on any atom is -0.399 e. The van der Waals surface area contributed by atoms with Crippen molar-refractivity contribution in [2.75, 3.05) is 5.73 Å². The Morgan fingerprint density at radius 2 is 1.69 bits per heavy atom. The lowest BCUT2D eigenvalue weighted by Gasteiger charge is -2.04. The third kappa shape index (κ3) is 2.52. The van der Waals surface area contributed by atoms with Gasteiger partial charge in [0.15, 0.2) is 0 Å². The van der Waals surface area contributed by atoms with Crippen LogP contribution >= 0.6 is 12.4 Å². The van der Waals surface area contributed by atoms with Gasteiger partial charge < -0.3 is 5.73 Å². The summed E-state index contributed by atoms with van der Waals surface area (Å²) in [6, 6.07) is 12.6. The zero-order valence-corrected chi connectivity index (χ0v) is 9.72. The first-order chi connectivity index (χ1) is 7.16. The Labute approximate surface area is 101 Å². The second-order valence-corrected chi connectivity index (χ2v) is 3.59. The number of hydrogen-bond acceptors (Lipinski definition) is 1. The summed E-state index contributed by atoms with van der Waals surface area (Å²) in [6.45, 7) is 1.75. The Hall–Kier alpha value is -1.54. The van der Waals surface area contributed by atoms with Gasteiger partial charge in [0, 0.05) is 5.69 Å². The van der Waals surface area contributed by atoms with Crippen LogP contribution < -0.4 is 5.73 Å². The molecular weight excluding hydrogens is 225 g/mol. The van der Waals surface area contributed by atoms with E-state index in [2.05, 4.69) is 0 Å². The number of halogens is 2. The summed E-state index contributed by atoms with van der Waals surface area (Å²) in [5.41, 5.74) is 8.80. The van der Waals surface area contributed by atoms with Crippen LogP contribution in [0.15, 0.2) is 42.5 Å². The summed E-state index contributed by atoms with van der Waals surface area (Å²) in [6.07, 6.45) is 0. The summed E-state index contributed by atoms with van der Waals surface area (Å²) >= 11 is 0. The van der Waals surface area contributed by atoms with E-state index in [1.54, 1.807) is 13.0 Å². The number of anilines is 1. The second kappa shape index (κ2) is 4.99. The van der Waals surface area contributed by atoms with Gasteiger partial charge in [-0.2, -0.15) is 0 Å². The fourth-order valence-corrected chi connectivity index (χ4v) is 1.49. The standard InChI is InChI=1S/C13H12FN.ClH/c1-9-5-6-11(8-13(9)14)10-3-2-4-12(15)7-10;/h2-8H,15H2,1H3;1H. The molecular formula is C13H13ClFN. The van der Waals surface area contributed by atoms with Gasteiger partial charge in [-0.3, -0.25) is 0 Å². The minimum atomic E-state index is -0.185. The second-order valence-electron chi connectivity index (χ2n) is 3.59. The SMILES string of the molecule is Cc1ccc(-c2cccc(N)c2)cc1F.Cl. The van der Waals surface area contributed by atoms with Gasteiger partial charge in [-0.15, -0.1) is 12.4 Å². The molecule has 0 heterocycles. The number of nitrogen functional groups attached to an aromatic ring is 1. The number of aryl methyl sites for hydroxylation is 1. The summed E-state index contributed by atoms with van der Waals surface area (Å²) in [4.78, 5) is 0. The average molecular weight is 238 g/mol. The summed E-state index contributed by atoms with van der Waals surface area (Å²) in [5.74, 6) is -0.185. The lowest BCUT2D eigenvalue weighted by atomic mass is 10.0. The van der Waals surface area contributed by atoms with Crippen LogP contribution in [0.3, 0.4) is 0 Å². The number of benzene rings is 2. The van der Waals surface area contributed by atoms with Crippen LogP contribution in [-0.4, -0.2) is 0 Å². The molecule has 0 aliphatic carbocycles. The van der Waals surface area contributed by atoms with E-state index in [0.717, 1.165) is 11.1 Å². The third-order valence-corrected chi connectivity index (χ3v) is 2.39. The highest BCUT2D eigenvalue weighted by atomic mass is 35.5. The first-order valence-corrected chi connectivity index (χ1v) is 4.79. The van der Waals surface area contributed by atoms with Gasteiger partial charge in [-0.05, 0) is 41.8 Å². The highest BCUT2D eigenvalue weighted by Crippen LogP contribution is 2.23. The monoisotopic (exact) mass is 237 g/mol. The van der Waals surface area contributed by atoms with Gasteiger partial charge in [0.05, 0.1) is 0 Å². The van der Waals surface area contributed by atoms with Gasteiger partial charge in [0.25, 0.3) is 0 Å². The minimum absolute atomic E-state index is 0. The maximum Gasteiger partial charge on any atom is 0.126 e. The normalized spacial score (nSPS) is 9.62. The highest BCUT2D eigenvalue weighted by molar-refractivity contribution is 5.85. The van der Waals surface area contributed by atoms with E-state index < -0.39 is 0 Å². The molecule has 84 valence electrons. The molecule has 3 heteroatoms. The predicted molar refractivity (Wildman–Crippen MR) is 68.2 cm³/mol. The fraction of sp³-hybridized carbons (Fsp3) is 0.0769. The van der Waals surface area contributed by atoms with Crippen molar-refractivity contribution in [1.82, 2.24) is 0 Å². The average Bonchev–Trinajstić information content (AvgIpc) is 2.22. The molecule has 0 aliphatic heterocycles. The quantitative estimate of drug-likeness (QED) is 0.750. The molecule has 0 unspecified atom stereocenters. The van der Waals surface area contributed by atoms with E-state index in [4.69, 9.17) is 5.73 Å². The zero-order valence-electron chi connectivity index (χ0n) is 8.91. The van der Waals surface area contributed by atoms with Crippen molar-refractivity contribution in [2.45, 2.75) is 6.92 Å². The van der Waals surface area contributed by atoms with Gasteiger partial charge in [-0.1, -0.05) is 24.3 Å². The molecule has 0 bridgehead atoms. The van der Waals surface area contributed by atoms with Crippen molar-refractivity contribution < 1.29 is 4.39 Å². The molecule has 0 aliphatic rings. The first kappa shape index (κ1) is 12.5. The Morgan fingerprint density at radius 3 is 2.31 bits per heavy atom. The van der Waals surface area contributed by atoms with Gasteiger partial charge in [-0.25, -0.2) is 4.39 Å². The predicted octanol–water partition coefficient (Wildman–Crippen LogP) is 3.81. The largest absolute Gasteiger partial charge is 0.399 e. The van der Waals surface area contributed by atoms with E-state index in [1.807, 2.05) is 30.3 Å². The summed E-state index contributed by atoms with van der Waals surface area (Å²) < 4.78 is 13.3. The summed E-state index contributed by atoms with van der Waals surface area (Å²) in [7, 11) is 0. The van der Waals surface area contributed by atoms with Crippen LogP contribution in [-0.2, 0) is 0 Å². The maximum absolute atomic E-state index is 13.3. The molecule has 0 amide bonds. The van der Waals surface area contributed by atoms with E-state index >= 15 is 0 Å². The molecule has 2 rings (SSSR count). The van der Waals surface area contributed by atoms with Gasteiger partial charge in [0.2, 0.25) is 0 Å². The summed E-state index contributed by atoms with van der Waals surface area (Å²) in [5, 5.41) is 0. The number of nitrogens with two attached hydrogens (primary N) is 1. The van der Waals surface area contributed by atoms with Crippen LogP contribution in [0.25, 0.3) is 11.1 Å². The maximum atomic E-state index is 13.3. The van der Waals surface area contributed by atoms with Crippen molar-refractivity contribution in [2.24, 2.45) is 0 Å². The van der Waals surface area contributed by atoms with Crippen molar-refractivity contribution in [3.63, 3.8) is 0 Å². The molecule has 0 saturated heterocycles. The lowest BCUT2D eigenvalue weighted by molar-refractivity contribution is 0.619. The molecule has 2 aromatic rings. The fourth-order valence-electron chi connectivity index (χ4n) is 1.49. The van der Waals surface area contributed by atoms with Crippen molar-refractivity contribution >= 4 is 18.1 Å². The van der Waals surface area contributed by atoms with Crippen LogP contribution in [0.1, 0.15) is 5.56 Å². The molecule has 2 aromatic carbocycles. The van der Waals surface area contributed by atoms with Crippen molar-refractivity contribution in [3.8, 4) is 11.1 Å². The Kier molecular flexibility index (Phi) is 3.91. The van der Waals surface area contributed by atoms with E-state index in [1.165, 1.54) is 6.07 Å². The Morgan fingerprint density at radius 1 is 1.00 bits per heavy atom. The topological polar surface area (TPSA) is 26.0 Å². The molecule has 0 atom stereocenters. The zero-order chi connectivity index (χ0) is 10.8. The number of rotatable bonds is 1. The lowest BCUT2D eigenvalue weighted by Crippen LogP contribution is -1.87. The molecule has 0 spiro atoms. The van der Waals surface area contributed by atoms with E-state index in [0.29, 0.717) is 11.3 Å². The number of hydrogen-bond donors (Lipinski definition) is 1. The van der Waals surface area contributed by atoms with Crippen LogP contribution in [0.5, 0.6) is 0 Å². The molecule has 0 radical (unpaired) electrons.